The number of aromatic nitrogens is 2. The lowest BCUT2D eigenvalue weighted by Crippen LogP contribution is -2.48. The fourth-order valence-electron chi connectivity index (χ4n) is 6.02. The summed E-state index contributed by atoms with van der Waals surface area (Å²) in [5.74, 6) is -3.01. The van der Waals surface area contributed by atoms with Crippen LogP contribution in [0.5, 0.6) is 0 Å². The van der Waals surface area contributed by atoms with Gasteiger partial charge in [-0.1, -0.05) is 100 Å². The van der Waals surface area contributed by atoms with Crippen molar-refractivity contribution in [1.82, 2.24) is 9.55 Å². The topological polar surface area (TPSA) is 166 Å². The fourth-order valence-corrected chi connectivity index (χ4v) is 6.02. The third kappa shape index (κ3) is 9.79. The smallest absolute Gasteiger partial charge is 0.351 e. The van der Waals surface area contributed by atoms with Crippen molar-refractivity contribution >= 4 is 29.5 Å². The third-order valence-corrected chi connectivity index (χ3v) is 8.74. The Morgan fingerprint density at radius 1 is 0.712 bits per heavy atom. The molecule has 1 aliphatic heterocycles. The highest BCUT2D eigenvalue weighted by Gasteiger charge is 2.56. The molecule has 1 unspecified atom stereocenters. The second-order valence-corrected chi connectivity index (χ2v) is 12.5. The number of nitrogens with zero attached hydrogens (tertiary/aromatic N) is 2. The Bertz CT molecular complexity index is 1850. The number of carbonyl (C=O) groups excluding carboxylic acids is 4. The van der Waals surface area contributed by atoms with Gasteiger partial charge in [0.05, 0.1) is 16.7 Å². The molecular weight excluding hydrogens is 666 g/mol. The number of esters is 3. The van der Waals surface area contributed by atoms with Crippen LogP contribution < -0.4 is 11.4 Å². The summed E-state index contributed by atoms with van der Waals surface area (Å²) >= 11 is 0. The third-order valence-electron chi connectivity index (χ3n) is 8.74. The summed E-state index contributed by atoms with van der Waals surface area (Å²) < 4.78 is 25.3. The molecule has 0 spiro atoms. The van der Waals surface area contributed by atoms with Crippen LogP contribution in [0, 0.1) is 0 Å². The molecule has 3 aromatic carbocycles. The van der Waals surface area contributed by atoms with Crippen molar-refractivity contribution in [3.8, 4) is 0 Å². The van der Waals surface area contributed by atoms with Crippen LogP contribution in [0.25, 0.3) is 0 Å². The first kappa shape index (κ1) is 37.6. The molecule has 2 N–H and O–H groups in total. The summed E-state index contributed by atoms with van der Waals surface area (Å²) in [5, 5.41) is 0. The maximum Gasteiger partial charge on any atom is 0.351 e. The summed E-state index contributed by atoms with van der Waals surface area (Å²) in [6.07, 6.45) is 0.290. The summed E-state index contributed by atoms with van der Waals surface area (Å²) in [7, 11) is 0. The second kappa shape index (κ2) is 18.6. The van der Waals surface area contributed by atoms with Gasteiger partial charge in [-0.2, -0.15) is 4.98 Å². The van der Waals surface area contributed by atoms with Crippen LogP contribution in [0.3, 0.4) is 0 Å². The van der Waals surface area contributed by atoms with Gasteiger partial charge in [0.2, 0.25) is 0 Å². The first-order valence-electron chi connectivity index (χ1n) is 17.6. The van der Waals surface area contributed by atoms with Gasteiger partial charge in [0.25, 0.3) is 0 Å². The number of Topliss-reactive ketones (excluding diaryl/α,β-unsaturated/α-hetero) is 1. The van der Waals surface area contributed by atoms with Gasteiger partial charge in [0.15, 0.2) is 30.3 Å². The molecule has 5 rings (SSSR count). The molecule has 272 valence electrons. The van der Waals surface area contributed by atoms with E-state index in [1.807, 2.05) is 0 Å². The molecular formula is C40H43N3O9. The summed E-state index contributed by atoms with van der Waals surface area (Å²) in [6, 6.07) is 25.6. The number of rotatable bonds is 17. The average molecular weight is 710 g/mol. The quantitative estimate of drug-likeness (QED) is 0.0764. The Hall–Kier alpha value is -5.62. The first-order chi connectivity index (χ1) is 25.3. The largest absolute Gasteiger partial charge is 0.452 e. The van der Waals surface area contributed by atoms with Crippen LogP contribution in [0.1, 0.15) is 95.6 Å². The second-order valence-electron chi connectivity index (χ2n) is 12.5. The number of ether oxygens (including phenoxy) is 4. The predicted octanol–water partition coefficient (Wildman–Crippen LogP) is 6.11. The predicted molar refractivity (Wildman–Crippen MR) is 191 cm³/mol. The number of nitrogen functional groups attached to an aromatic ring is 1. The molecule has 4 aromatic rings. The van der Waals surface area contributed by atoms with E-state index in [-0.39, 0.29) is 28.9 Å². The van der Waals surface area contributed by atoms with Crippen LogP contribution in [-0.4, -0.2) is 57.7 Å². The van der Waals surface area contributed by atoms with Crippen molar-refractivity contribution < 1.29 is 38.1 Å². The maximum absolute atomic E-state index is 14.1. The van der Waals surface area contributed by atoms with Gasteiger partial charge in [-0.05, 0) is 48.9 Å². The summed E-state index contributed by atoms with van der Waals surface area (Å²) in [6.45, 7) is 2.14. The number of ketones is 1. The molecule has 0 aliphatic carbocycles. The van der Waals surface area contributed by atoms with Crippen molar-refractivity contribution in [2.75, 3.05) is 5.73 Å². The molecule has 0 bridgehead atoms. The molecule has 52 heavy (non-hydrogen) atoms. The number of nitrogens with two attached hydrogens (primary N) is 1. The highest BCUT2D eigenvalue weighted by Crippen LogP contribution is 2.37. The van der Waals surface area contributed by atoms with Gasteiger partial charge < -0.3 is 24.7 Å². The molecule has 1 fully saturated rings. The molecule has 1 aliphatic rings. The fraction of sp³-hybridized carbons (Fsp3) is 0.350. The van der Waals surface area contributed by atoms with Gasteiger partial charge in [-0.25, -0.2) is 19.2 Å². The zero-order chi connectivity index (χ0) is 36.9. The van der Waals surface area contributed by atoms with Crippen molar-refractivity contribution in [2.24, 2.45) is 0 Å². The molecule has 0 amide bonds. The molecule has 0 saturated carbocycles. The maximum atomic E-state index is 14.1. The van der Waals surface area contributed by atoms with Crippen molar-refractivity contribution in [1.29, 1.82) is 0 Å². The van der Waals surface area contributed by atoms with E-state index in [0.29, 0.717) is 6.42 Å². The zero-order valence-corrected chi connectivity index (χ0v) is 29.0. The van der Waals surface area contributed by atoms with Crippen LogP contribution in [0.2, 0.25) is 0 Å². The summed E-state index contributed by atoms with van der Waals surface area (Å²) in [5.41, 5.74) is 5.42. The molecule has 12 heteroatoms. The van der Waals surface area contributed by atoms with E-state index in [0.717, 1.165) is 43.1 Å². The number of anilines is 1. The highest BCUT2D eigenvalue weighted by molar-refractivity contribution is 5.93. The van der Waals surface area contributed by atoms with Gasteiger partial charge in [-0.15, -0.1) is 0 Å². The standard InChI is InChI=1S/C40H43N3O9/c1-2-3-4-5-6-7-17-24-30(44)32(50-37(45)27-18-11-8-12-19-27)33-34(51-38(46)28-20-13-9-14-21-28)35(52-39(47)29-22-15-10-16-23-29)36(49-33)43-26-25-31(41)42-40(43)48/h8-16,18-23,25-26,32-36H,2-7,17,24H2,1H3,(H2,41,42,48)/t32?,33-,34-,35-,36-/m1/s1. The van der Waals surface area contributed by atoms with Gasteiger partial charge in [0.1, 0.15) is 11.9 Å². The monoisotopic (exact) mass is 709 g/mol. The van der Waals surface area contributed by atoms with Gasteiger partial charge in [0, 0.05) is 12.6 Å². The van der Waals surface area contributed by atoms with Gasteiger partial charge >= 0.3 is 23.6 Å². The lowest BCUT2D eigenvalue weighted by atomic mass is 9.97. The van der Waals surface area contributed by atoms with E-state index >= 15 is 0 Å². The Labute approximate surface area is 301 Å². The van der Waals surface area contributed by atoms with Crippen molar-refractivity contribution in [3.05, 3.63) is 130 Å². The minimum atomic E-state index is -1.62. The molecule has 1 aromatic heterocycles. The van der Waals surface area contributed by atoms with Crippen molar-refractivity contribution in [2.45, 2.75) is 88.9 Å². The van der Waals surface area contributed by atoms with E-state index < -0.39 is 60.0 Å². The van der Waals surface area contributed by atoms with E-state index in [1.54, 1.807) is 54.6 Å². The lowest BCUT2D eigenvalue weighted by molar-refractivity contribution is -0.143. The first-order valence-corrected chi connectivity index (χ1v) is 17.6. The minimum absolute atomic E-state index is 0.0300. The Morgan fingerprint density at radius 3 is 1.75 bits per heavy atom. The van der Waals surface area contributed by atoms with E-state index in [2.05, 4.69) is 11.9 Å². The number of hydrogen-bond donors (Lipinski definition) is 1. The molecule has 12 nitrogen and oxygen atoms in total. The number of carbonyl (C=O) groups is 4. The van der Waals surface area contributed by atoms with E-state index in [4.69, 9.17) is 24.7 Å². The Kier molecular flexibility index (Phi) is 13.4. The lowest BCUT2D eigenvalue weighted by Gasteiger charge is -2.28. The van der Waals surface area contributed by atoms with Gasteiger partial charge in [-0.3, -0.25) is 9.36 Å². The van der Waals surface area contributed by atoms with Crippen LogP contribution in [0.4, 0.5) is 5.82 Å². The van der Waals surface area contributed by atoms with E-state index in [1.165, 1.54) is 48.7 Å². The molecule has 5 atom stereocenters. The van der Waals surface area contributed by atoms with Crippen LogP contribution >= 0.6 is 0 Å². The van der Waals surface area contributed by atoms with Crippen molar-refractivity contribution in [3.63, 3.8) is 0 Å². The zero-order valence-electron chi connectivity index (χ0n) is 29.0. The number of hydrogen-bond acceptors (Lipinski definition) is 11. The highest BCUT2D eigenvalue weighted by atomic mass is 16.7. The molecule has 0 radical (unpaired) electrons. The average Bonchev–Trinajstić information content (AvgIpc) is 3.50. The SMILES string of the molecule is CCCCCCCCCC(=O)C(OC(=O)c1ccccc1)[C@H]1O[C@@H](n2ccc(N)nc2=O)[C@H](OC(=O)c2ccccc2)[C@@H]1OC(=O)c1ccccc1. The summed E-state index contributed by atoms with van der Waals surface area (Å²) in [4.78, 5) is 71.9. The number of benzene rings is 3. The normalized spacial score (nSPS) is 18.6. The molecule has 1 saturated heterocycles. The Balaban J connectivity index is 1.54. The molecule has 2 heterocycles. The minimum Gasteiger partial charge on any atom is -0.452 e. The van der Waals surface area contributed by atoms with Crippen LogP contribution in [0.15, 0.2) is 108 Å². The van der Waals surface area contributed by atoms with E-state index in [9.17, 15) is 24.0 Å². The number of unbranched alkanes of at least 4 members (excludes halogenated alkanes) is 6. The Morgan fingerprint density at radius 2 is 1.21 bits per heavy atom. The van der Waals surface area contributed by atoms with Crippen LogP contribution in [-0.2, 0) is 23.7 Å².